The monoisotopic (exact) mass is 622 g/mol. The number of ether oxygens (including phenoxy) is 2. The van der Waals surface area contributed by atoms with Crippen molar-refractivity contribution in [3.63, 3.8) is 0 Å². The maximum absolute atomic E-state index is 13.3. The summed E-state index contributed by atoms with van der Waals surface area (Å²) in [4.78, 5) is 14.1. The van der Waals surface area contributed by atoms with Gasteiger partial charge in [0.05, 0.1) is 30.8 Å². The second kappa shape index (κ2) is 13.5. The fraction of sp³-hybridized carbons (Fsp3) is 0.515. The number of sulfonamides is 1. The molecule has 1 aromatic heterocycles. The van der Waals surface area contributed by atoms with Crippen molar-refractivity contribution < 1.29 is 17.9 Å². The van der Waals surface area contributed by atoms with Gasteiger partial charge in [-0.05, 0) is 95.1 Å². The second-order valence-corrected chi connectivity index (χ2v) is 14.2. The molecule has 1 unspecified atom stereocenters. The number of nitrogens with zero attached hydrogens (tertiary/aromatic N) is 5. The molecule has 238 valence electrons. The summed E-state index contributed by atoms with van der Waals surface area (Å²) in [5.74, 6) is 0.639. The van der Waals surface area contributed by atoms with E-state index >= 15 is 0 Å². The molecule has 0 amide bonds. The summed E-state index contributed by atoms with van der Waals surface area (Å²) in [5.41, 5.74) is 10.1. The van der Waals surface area contributed by atoms with E-state index < -0.39 is 10.0 Å². The zero-order valence-electron chi connectivity index (χ0n) is 26.6. The van der Waals surface area contributed by atoms with E-state index in [-0.39, 0.29) is 36.8 Å². The van der Waals surface area contributed by atoms with Gasteiger partial charge in [0.25, 0.3) is 0 Å². The highest BCUT2D eigenvalue weighted by Gasteiger charge is 2.40. The van der Waals surface area contributed by atoms with Gasteiger partial charge in [-0.15, -0.1) is 0 Å². The first-order valence-electron chi connectivity index (χ1n) is 15.4. The predicted octanol–water partition coefficient (Wildman–Crippen LogP) is 3.89. The average molecular weight is 623 g/mol. The number of piperidine rings is 1. The Bertz CT molecular complexity index is 1500. The van der Waals surface area contributed by atoms with Gasteiger partial charge in [-0.3, -0.25) is 4.90 Å². The molecule has 0 radical (unpaired) electrons. The third kappa shape index (κ3) is 6.77. The van der Waals surface area contributed by atoms with Gasteiger partial charge in [0.15, 0.2) is 0 Å². The molecule has 0 aliphatic carbocycles. The summed E-state index contributed by atoms with van der Waals surface area (Å²) in [7, 11) is 2.30. The lowest BCUT2D eigenvalue weighted by molar-refractivity contribution is 0.0530. The Morgan fingerprint density at radius 1 is 1.07 bits per heavy atom. The van der Waals surface area contributed by atoms with Crippen LogP contribution in [-0.2, 0) is 15.6 Å². The Balaban J connectivity index is 1.09. The standard InChI is InChI=1S/C33H46N6O4S/c1-24-20-27(42-5)21-25(2)31(24)44(40,41)39-22-28(23-39)43-32-35-16-13-30(36-32)29(34)12-9-17-38-18-14-33(15-19-38,37(3)4)26-10-7-6-8-11-26/h6-8,10-11,13,16,20-21,28-29H,9,12,14-15,17-19,22-23,34H2,1-5H3. The first-order chi connectivity index (χ1) is 21.0. The van der Waals surface area contributed by atoms with Gasteiger partial charge in [0.2, 0.25) is 10.0 Å². The first kappa shape index (κ1) is 32.3. The fourth-order valence-electron chi connectivity index (χ4n) is 6.57. The number of likely N-dealkylation sites (tertiary alicyclic amines) is 1. The molecule has 2 aliphatic rings. The van der Waals surface area contributed by atoms with Crippen LogP contribution in [0.15, 0.2) is 59.6 Å². The quantitative estimate of drug-likeness (QED) is 0.321. The van der Waals surface area contributed by atoms with Crippen LogP contribution < -0.4 is 15.2 Å². The van der Waals surface area contributed by atoms with Crippen LogP contribution in [0, 0.1) is 13.8 Å². The van der Waals surface area contributed by atoms with Crippen LogP contribution in [0.4, 0.5) is 0 Å². The topological polar surface area (TPSA) is 114 Å². The lowest BCUT2D eigenvalue weighted by Crippen LogP contribution is -2.56. The normalized spacial score (nSPS) is 18.6. The van der Waals surface area contributed by atoms with Crippen molar-refractivity contribution in [3.8, 4) is 11.8 Å². The molecule has 11 heteroatoms. The summed E-state index contributed by atoms with van der Waals surface area (Å²) >= 11 is 0. The van der Waals surface area contributed by atoms with Gasteiger partial charge >= 0.3 is 6.01 Å². The number of hydrogen-bond donors (Lipinski definition) is 1. The molecule has 2 fully saturated rings. The maximum atomic E-state index is 13.3. The summed E-state index contributed by atoms with van der Waals surface area (Å²) in [6.07, 6.45) is 5.31. The number of nitrogens with two attached hydrogens (primary N) is 1. The van der Waals surface area contributed by atoms with E-state index in [0.29, 0.717) is 21.8 Å². The van der Waals surface area contributed by atoms with Crippen molar-refractivity contribution in [1.82, 2.24) is 24.1 Å². The van der Waals surface area contributed by atoms with E-state index in [9.17, 15) is 8.42 Å². The molecule has 2 saturated heterocycles. The molecule has 0 spiro atoms. The molecule has 2 N–H and O–H groups in total. The molecule has 1 atom stereocenters. The lowest BCUT2D eigenvalue weighted by atomic mass is 9.80. The van der Waals surface area contributed by atoms with Gasteiger partial charge in [-0.25, -0.2) is 13.4 Å². The van der Waals surface area contributed by atoms with Gasteiger partial charge in [0.1, 0.15) is 11.9 Å². The molecule has 2 aromatic carbocycles. The molecule has 0 saturated carbocycles. The number of aryl methyl sites for hydroxylation is 2. The minimum absolute atomic E-state index is 0.0841. The largest absolute Gasteiger partial charge is 0.497 e. The number of hydrogen-bond acceptors (Lipinski definition) is 9. The molecule has 44 heavy (non-hydrogen) atoms. The van der Waals surface area contributed by atoms with Crippen LogP contribution in [0.1, 0.15) is 54.1 Å². The first-order valence-corrected chi connectivity index (χ1v) is 16.8. The molecular weight excluding hydrogens is 576 g/mol. The molecule has 2 aliphatic heterocycles. The van der Waals surface area contributed by atoms with Crippen LogP contribution in [0.5, 0.6) is 11.8 Å². The van der Waals surface area contributed by atoms with Gasteiger partial charge < -0.3 is 20.1 Å². The van der Waals surface area contributed by atoms with Crippen molar-refractivity contribution in [2.24, 2.45) is 5.73 Å². The Morgan fingerprint density at radius 2 is 1.73 bits per heavy atom. The molecular formula is C33H46N6O4S. The van der Waals surface area contributed by atoms with Crippen LogP contribution in [0.25, 0.3) is 0 Å². The highest BCUT2D eigenvalue weighted by Crippen LogP contribution is 2.37. The van der Waals surface area contributed by atoms with Crippen LogP contribution in [0.3, 0.4) is 0 Å². The van der Waals surface area contributed by atoms with E-state index in [0.717, 1.165) is 51.0 Å². The van der Waals surface area contributed by atoms with E-state index in [4.69, 9.17) is 15.2 Å². The smallest absolute Gasteiger partial charge is 0.316 e. The molecule has 10 nitrogen and oxygen atoms in total. The van der Waals surface area contributed by atoms with Crippen molar-refractivity contribution in [3.05, 3.63) is 77.1 Å². The third-order valence-corrected chi connectivity index (χ3v) is 11.4. The Labute approximate surface area is 262 Å². The van der Waals surface area contributed by atoms with E-state index in [1.807, 2.05) is 6.07 Å². The minimum Gasteiger partial charge on any atom is -0.497 e. The number of rotatable bonds is 12. The van der Waals surface area contributed by atoms with Crippen LogP contribution in [0.2, 0.25) is 0 Å². The Kier molecular flexibility index (Phi) is 9.91. The summed E-state index contributed by atoms with van der Waals surface area (Å²) in [6, 6.07) is 16.2. The van der Waals surface area contributed by atoms with Crippen molar-refractivity contribution >= 4 is 10.0 Å². The zero-order chi connectivity index (χ0) is 31.5. The summed E-state index contributed by atoms with van der Waals surface area (Å²) < 4.78 is 39.3. The average Bonchev–Trinajstić information content (AvgIpc) is 2.99. The fourth-order valence-corrected chi connectivity index (χ4v) is 8.49. The number of methoxy groups -OCH3 is 1. The van der Waals surface area contributed by atoms with E-state index in [1.54, 1.807) is 39.3 Å². The Hall–Kier alpha value is -3.09. The van der Waals surface area contributed by atoms with Crippen molar-refractivity contribution in [2.75, 3.05) is 53.9 Å². The summed E-state index contributed by atoms with van der Waals surface area (Å²) in [5, 5.41) is 0. The van der Waals surface area contributed by atoms with Gasteiger partial charge in [-0.1, -0.05) is 30.3 Å². The molecule has 3 heterocycles. The van der Waals surface area contributed by atoms with E-state index in [2.05, 4.69) is 64.2 Å². The van der Waals surface area contributed by atoms with Crippen molar-refractivity contribution in [1.29, 1.82) is 0 Å². The highest BCUT2D eigenvalue weighted by atomic mass is 32.2. The second-order valence-electron chi connectivity index (χ2n) is 12.3. The number of benzene rings is 2. The van der Waals surface area contributed by atoms with Crippen molar-refractivity contribution in [2.45, 2.75) is 62.1 Å². The van der Waals surface area contributed by atoms with Gasteiger partial charge in [0, 0.05) is 30.9 Å². The van der Waals surface area contributed by atoms with Crippen LogP contribution >= 0.6 is 0 Å². The highest BCUT2D eigenvalue weighted by molar-refractivity contribution is 7.89. The zero-order valence-corrected chi connectivity index (χ0v) is 27.4. The lowest BCUT2D eigenvalue weighted by Gasteiger charge is -2.46. The number of aromatic nitrogens is 2. The summed E-state index contributed by atoms with van der Waals surface area (Å²) in [6.45, 7) is 7.16. The van der Waals surface area contributed by atoms with Gasteiger partial charge in [-0.2, -0.15) is 9.29 Å². The third-order valence-electron chi connectivity index (χ3n) is 9.23. The maximum Gasteiger partial charge on any atom is 0.316 e. The predicted molar refractivity (Wildman–Crippen MR) is 171 cm³/mol. The molecule has 3 aromatic rings. The van der Waals surface area contributed by atoms with E-state index in [1.165, 1.54) is 9.87 Å². The molecule has 0 bridgehead atoms. The molecule has 5 rings (SSSR count). The van der Waals surface area contributed by atoms with Crippen LogP contribution in [-0.4, -0.2) is 92.5 Å². The SMILES string of the molecule is COc1cc(C)c(S(=O)(=O)N2CC(Oc3nccc(C(N)CCCN4CCC(c5ccccc5)(N(C)C)CC4)n3)C2)c(C)c1. The Morgan fingerprint density at radius 3 is 2.34 bits per heavy atom. The minimum atomic E-state index is -3.65.